The smallest absolute Gasteiger partial charge is 0.315 e. The van der Waals surface area contributed by atoms with Gasteiger partial charge in [-0.15, -0.1) is 0 Å². The first-order chi connectivity index (χ1) is 7.53. The monoisotopic (exact) mass is 230 g/mol. The van der Waals surface area contributed by atoms with Crippen LogP contribution in [0.3, 0.4) is 0 Å². The molecule has 3 N–H and O–H groups in total. The van der Waals surface area contributed by atoms with Gasteiger partial charge >= 0.3 is 12.0 Å². The van der Waals surface area contributed by atoms with Crippen LogP contribution in [0.5, 0.6) is 0 Å². The Morgan fingerprint density at radius 3 is 1.81 bits per heavy atom. The van der Waals surface area contributed by atoms with Crippen molar-refractivity contribution >= 4 is 12.0 Å². The van der Waals surface area contributed by atoms with E-state index >= 15 is 0 Å². The van der Waals surface area contributed by atoms with Crippen LogP contribution in [0.15, 0.2) is 0 Å². The van der Waals surface area contributed by atoms with Crippen LogP contribution < -0.4 is 10.6 Å². The molecule has 0 fully saturated rings. The number of hydrogen-bond acceptors (Lipinski definition) is 2. The molecule has 5 nitrogen and oxygen atoms in total. The van der Waals surface area contributed by atoms with Gasteiger partial charge in [0, 0.05) is 12.1 Å². The average molecular weight is 230 g/mol. The van der Waals surface area contributed by atoms with Crippen molar-refractivity contribution in [3.8, 4) is 0 Å². The molecule has 0 aromatic rings. The van der Waals surface area contributed by atoms with Crippen LogP contribution in [0.25, 0.3) is 0 Å². The molecule has 0 aromatic heterocycles. The van der Waals surface area contributed by atoms with E-state index in [0.717, 1.165) is 12.8 Å². The number of carbonyl (C=O) groups excluding carboxylic acids is 1. The van der Waals surface area contributed by atoms with Crippen molar-refractivity contribution in [1.82, 2.24) is 10.6 Å². The molecule has 16 heavy (non-hydrogen) atoms. The van der Waals surface area contributed by atoms with Gasteiger partial charge in [0.1, 0.15) is 0 Å². The van der Waals surface area contributed by atoms with E-state index in [1.54, 1.807) is 0 Å². The molecule has 1 unspecified atom stereocenters. The lowest BCUT2D eigenvalue weighted by molar-refractivity contribution is -0.137. The van der Waals surface area contributed by atoms with E-state index in [9.17, 15) is 9.59 Å². The first-order valence-corrected chi connectivity index (χ1v) is 5.82. The molecule has 0 saturated carbocycles. The summed E-state index contributed by atoms with van der Waals surface area (Å²) in [6.07, 6.45) is 2.33. The van der Waals surface area contributed by atoms with Gasteiger partial charge in [-0.3, -0.25) is 4.79 Å². The van der Waals surface area contributed by atoms with E-state index < -0.39 is 5.97 Å². The Bertz CT molecular complexity index is 227. The summed E-state index contributed by atoms with van der Waals surface area (Å²) in [4.78, 5) is 22.0. The molecular formula is C11H22N2O3. The highest BCUT2D eigenvalue weighted by Gasteiger charge is 2.15. The fourth-order valence-electron chi connectivity index (χ4n) is 1.41. The van der Waals surface area contributed by atoms with Gasteiger partial charge in [-0.05, 0) is 19.3 Å². The SMILES string of the molecule is CCC(CC)NC(=O)NC(CC)CC(=O)O. The lowest BCUT2D eigenvalue weighted by atomic mass is 10.1. The van der Waals surface area contributed by atoms with Gasteiger partial charge in [0.25, 0.3) is 0 Å². The maximum Gasteiger partial charge on any atom is 0.315 e. The highest BCUT2D eigenvalue weighted by atomic mass is 16.4. The Hall–Kier alpha value is -1.26. The molecule has 1 atom stereocenters. The fourth-order valence-corrected chi connectivity index (χ4v) is 1.41. The van der Waals surface area contributed by atoms with Crippen molar-refractivity contribution in [3.63, 3.8) is 0 Å². The predicted octanol–water partition coefficient (Wildman–Crippen LogP) is 1.73. The second kappa shape index (κ2) is 7.96. The molecule has 0 spiro atoms. The third kappa shape index (κ3) is 6.27. The standard InChI is InChI=1S/C11H22N2O3/c1-4-8(5-2)12-11(16)13-9(6-3)7-10(14)15/h8-9H,4-7H2,1-3H3,(H,14,15)(H2,12,13,16). The van der Waals surface area contributed by atoms with Crippen molar-refractivity contribution in [1.29, 1.82) is 0 Å². The second-order valence-corrected chi connectivity index (χ2v) is 3.83. The minimum absolute atomic E-state index is 0.0349. The Balaban J connectivity index is 4.04. The molecule has 0 bridgehead atoms. The van der Waals surface area contributed by atoms with Gasteiger partial charge in [0.05, 0.1) is 6.42 Å². The zero-order valence-electron chi connectivity index (χ0n) is 10.2. The van der Waals surface area contributed by atoms with Gasteiger partial charge < -0.3 is 15.7 Å². The largest absolute Gasteiger partial charge is 0.481 e. The molecule has 0 saturated heterocycles. The Morgan fingerprint density at radius 2 is 1.44 bits per heavy atom. The van der Waals surface area contributed by atoms with E-state index in [1.165, 1.54) is 0 Å². The fraction of sp³-hybridized carbons (Fsp3) is 0.818. The molecule has 0 aromatic carbocycles. The topological polar surface area (TPSA) is 78.4 Å². The molecule has 0 aliphatic heterocycles. The van der Waals surface area contributed by atoms with Crippen molar-refractivity contribution in [2.45, 2.75) is 58.5 Å². The van der Waals surface area contributed by atoms with E-state index in [4.69, 9.17) is 5.11 Å². The first kappa shape index (κ1) is 14.7. The lowest BCUT2D eigenvalue weighted by Crippen LogP contribution is -2.46. The molecular weight excluding hydrogens is 208 g/mol. The average Bonchev–Trinajstić information content (AvgIpc) is 2.24. The summed E-state index contributed by atoms with van der Waals surface area (Å²) >= 11 is 0. The van der Waals surface area contributed by atoms with Gasteiger partial charge in [0.2, 0.25) is 0 Å². The number of nitrogens with one attached hydrogen (secondary N) is 2. The molecule has 2 amide bonds. The van der Waals surface area contributed by atoms with Gasteiger partial charge in [-0.2, -0.15) is 0 Å². The predicted molar refractivity (Wildman–Crippen MR) is 62.4 cm³/mol. The summed E-state index contributed by atoms with van der Waals surface area (Å²) in [5.74, 6) is -0.894. The molecule has 94 valence electrons. The van der Waals surface area contributed by atoms with Crippen LogP contribution in [0.4, 0.5) is 4.79 Å². The zero-order valence-corrected chi connectivity index (χ0v) is 10.2. The van der Waals surface area contributed by atoms with Crippen molar-refractivity contribution in [2.75, 3.05) is 0 Å². The van der Waals surface area contributed by atoms with Crippen LogP contribution in [0.1, 0.15) is 46.5 Å². The van der Waals surface area contributed by atoms with Crippen LogP contribution >= 0.6 is 0 Å². The second-order valence-electron chi connectivity index (χ2n) is 3.83. The van der Waals surface area contributed by atoms with Gasteiger partial charge in [-0.25, -0.2) is 4.79 Å². The summed E-state index contributed by atoms with van der Waals surface area (Å²) in [5, 5.41) is 14.1. The van der Waals surface area contributed by atoms with Crippen molar-refractivity contribution in [2.24, 2.45) is 0 Å². The number of aliphatic carboxylic acids is 1. The van der Waals surface area contributed by atoms with Crippen LogP contribution in [0, 0.1) is 0 Å². The molecule has 0 rings (SSSR count). The lowest BCUT2D eigenvalue weighted by Gasteiger charge is -2.19. The summed E-state index contributed by atoms with van der Waals surface area (Å²) in [6.45, 7) is 5.86. The number of carbonyl (C=O) groups is 2. The van der Waals surface area contributed by atoms with Crippen molar-refractivity contribution in [3.05, 3.63) is 0 Å². The van der Waals surface area contributed by atoms with Crippen LogP contribution in [0.2, 0.25) is 0 Å². The molecule has 0 heterocycles. The Labute approximate surface area is 96.6 Å². The first-order valence-electron chi connectivity index (χ1n) is 5.82. The Kier molecular flexibility index (Phi) is 7.33. The number of hydrogen-bond donors (Lipinski definition) is 3. The van der Waals surface area contributed by atoms with Crippen LogP contribution in [-0.2, 0) is 4.79 Å². The third-order valence-corrected chi connectivity index (χ3v) is 2.57. The van der Waals surface area contributed by atoms with E-state index in [0.29, 0.717) is 6.42 Å². The van der Waals surface area contributed by atoms with Gasteiger partial charge in [-0.1, -0.05) is 20.8 Å². The minimum Gasteiger partial charge on any atom is -0.481 e. The van der Waals surface area contributed by atoms with Crippen molar-refractivity contribution < 1.29 is 14.7 Å². The molecule has 0 radical (unpaired) electrons. The third-order valence-electron chi connectivity index (χ3n) is 2.57. The minimum atomic E-state index is -0.894. The highest BCUT2D eigenvalue weighted by molar-refractivity contribution is 5.75. The summed E-state index contributed by atoms with van der Waals surface area (Å²) in [7, 11) is 0. The number of urea groups is 1. The molecule has 0 aliphatic rings. The van der Waals surface area contributed by atoms with Gasteiger partial charge in [0.15, 0.2) is 0 Å². The molecule has 0 aliphatic carbocycles. The van der Waals surface area contributed by atoms with E-state index in [1.807, 2.05) is 20.8 Å². The normalized spacial score (nSPS) is 12.2. The van der Waals surface area contributed by atoms with E-state index in [2.05, 4.69) is 10.6 Å². The maximum atomic E-state index is 11.5. The summed E-state index contributed by atoms with van der Waals surface area (Å²) in [6, 6.07) is -0.420. The summed E-state index contributed by atoms with van der Waals surface area (Å²) < 4.78 is 0. The maximum absolute atomic E-state index is 11.5. The van der Waals surface area contributed by atoms with E-state index in [-0.39, 0.29) is 24.5 Å². The number of carboxylic acid groups (broad SMARTS) is 1. The quantitative estimate of drug-likeness (QED) is 0.623. The zero-order chi connectivity index (χ0) is 12.6. The number of rotatable bonds is 7. The number of amides is 2. The Morgan fingerprint density at radius 1 is 1.00 bits per heavy atom. The summed E-state index contributed by atoms with van der Waals surface area (Å²) in [5.41, 5.74) is 0. The van der Waals surface area contributed by atoms with Crippen LogP contribution in [-0.4, -0.2) is 29.2 Å². The molecule has 5 heteroatoms. The highest BCUT2D eigenvalue weighted by Crippen LogP contribution is 1.99. The number of carboxylic acids is 1.